The molecule has 0 saturated carbocycles. The molecule has 0 unspecified atom stereocenters. The van der Waals surface area contributed by atoms with E-state index < -0.39 is 0 Å². The Morgan fingerprint density at radius 1 is 1.32 bits per heavy atom. The summed E-state index contributed by atoms with van der Waals surface area (Å²) in [6, 6.07) is 11.5. The van der Waals surface area contributed by atoms with E-state index in [1.807, 2.05) is 48.7 Å². The lowest BCUT2D eigenvalue weighted by Crippen LogP contribution is -2.26. The third-order valence-corrected chi connectivity index (χ3v) is 4.57. The lowest BCUT2D eigenvalue weighted by molar-refractivity contribution is 0.0908. The van der Waals surface area contributed by atoms with Gasteiger partial charge in [0.25, 0.3) is 5.91 Å². The zero-order valence-corrected chi connectivity index (χ0v) is 13.3. The highest BCUT2D eigenvalue weighted by Crippen LogP contribution is 2.27. The number of hydrogen-bond acceptors (Lipinski definition) is 4. The molecular formula is C17H17NO3S. The maximum absolute atomic E-state index is 12.6. The molecule has 2 heterocycles. The Kier molecular flexibility index (Phi) is 4.27. The molecule has 2 aromatic heterocycles. The minimum Gasteiger partial charge on any atom is -0.451 e. The molecule has 0 radical (unpaired) electrons. The lowest BCUT2D eigenvalue weighted by atomic mass is 10.1. The minimum atomic E-state index is -0.218. The molecule has 0 aliphatic carbocycles. The molecule has 1 N–H and O–H groups in total. The van der Waals surface area contributed by atoms with Gasteiger partial charge in [0, 0.05) is 22.9 Å². The van der Waals surface area contributed by atoms with Gasteiger partial charge in [0.2, 0.25) is 0 Å². The van der Waals surface area contributed by atoms with Gasteiger partial charge in [-0.15, -0.1) is 11.3 Å². The summed E-state index contributed by atoms with van der Waals surface area (Å²) in [4.78, 5) is 13.7. The number of carbonyl (C=O) groups is 1. The third kappa shape index (κ3) is 2.77. The quantitative estimate of drug-likeness (QED) is 0.770. The largest absolute Gasteiger partial charge is 0.451 e. The number of para-hydroxylation sites is 1. The predicted molar refractivity (Wildman–Crippen MR) is 87.1 cm³/mol. The van der Waals surface area contributed by atoms with Crippen molar-refractivity contribution in [2.45, 2.75) is 19.6 Å². The molecule has 0 fully saturated rings. The van der Waals surface area contributed by atoms with Crippen molar-refractivity contribution >= 4 is 28.2 Å². The van der Waals surface area contributed by atoms with Crippen LogP contribution < -0.4 is 5.32 Å². The van der Waals surface area contributed by atoms with Gasteiger partial charge in [-0.05, 0) is 24.4 Å². The van der Waals surface area contributed by atoms with Crippen molar-refractivity contribution in [3.05, 3.63) is 58.0 Å². The Labute approximate surface area is 132 Å². The molecule has 0 bridgehead atoms. The average molecular weight is 315 g/mol. The van der Waals surface area contributed by atoms with E-state index in [9.17, 15) is 4.79 Å². The normalized spacial score (nSPS) is 12.5. The second-order valence-corrected chi connectivity index (χ2v) is 6.03. The fourth-order valence-electron chi connectivity index (χ4n) is 2.44. The van der Waals surface area contributed by atoms with Crippen molar-refractivity contribution in [2.24, 2.45) is 0 Å². The van der Waals surface area contributed by atoms with Crippen LogP contribution in [0.15, 0.2) is 46.2 Å². The van der Waals surface area contributed by atoms with Crippen LogP contribution >= 0.6 is 11.3 Å². The zero-order chi connectivity index (χ0) is 15.5. The highest BCUT2D eigenvalue weighted by atomic mass is 32.1. The number of hydrogen-bond donors (Lipinski definition) is 1. The van der Waals surface area contributed by atoms with E-state index in [-0.39, 0.29) is 11.9 Å². The Hall–Kier alpha value is -2.11. The van der Waals surface area contributed by atoms with E-state index in [1.54, 1.807) is 18.4 Å². The third-order valence-electron chi connectivity index (χ3n) is 3.51. The van der Waals surface area contributed by atoms with Crippen LogP contribution in [0.25, 0.3) is 11.0 Å². The standard InChI is InChI=1S/C17H17NO3S/c1-11(15-8-5-9-22-15)18-17(19)16-13(10-20-2)12-6-3-4-7-14(12)21-16/h3-9,11H,10H2,1-2H3,(H,18,19)/t11-/m0/s1. The summed E-state index contributed by atoms with van der Waals surface area (Å²) in [6.45, 7) is 2.30. The maximum atomic E-state index is 12.6. The van der Waals surface area contributed by atoms with Gasteiger partial charge >= 0.3 is 0 Å². The number of ether oxygens (including phenoxy) is 1. The number of carbonyl (C=O) groups excluding carboxylic acids is 1. The van der Waals surface area contributed by atoms with Gasteiger partial charge in [-0.3, -0.25) is 4.79 Å². The van der Waals surface area contributed by atoms with E-state index in [0.29, 0.717) is 18.0 Å². The number of benzene rings is 1. The van der Waals surface area contributed by atoms with Crippen LogP contribution in [0.2, 0.25) is 0 Å². The van der Waals surface area contributed by atoms with Gasteiger partial charge < -0.3 is 14.5 Å². The van der Waals surface area contributed by atoms with E-state index in [4.69, 9.17) is 9.15 Å². The number of fused-ring (bicyclic) bond motifs is 1. The molecule has 1 atom stereocenters. The molecule has 0 aliphatic heterocycles. The molecule has 0 saturated heterocycles. The first kappa shape index (κ1) is 14.8. The van der Waals surface area contributed by atoms with Crippen molar-refractivity contribution in [3.63, 3.8) is 0 Å². The summed E-state index contributed by atoms with van der Waals surface area (Å²) in [7, 11) is 1.61. The number of rotatable bonds is 5. The Morgan fingerprint density at radius 3 is 2.86 bits per heavy atom. The number of furan rings is 1. The van der Waals surface area contributed by atoms with Crippen molar-refractivity contribution in [2.75, 3.05) is 7.11 Å². The first-order valence-corrected chi connectivity index (χ1v) is 7.92. The average Bonchev–Trinajstić information content (AvgIpc) is 3.16. The van der Waals surface area contributed by atoms with Crippen molar-refractivity contribution in [1.82, 2.24) is 5.32 Å². The van der Waals surface area contributed by atoms with Crippen LogP contribution in [0, 0.1) is 0 Å². The molecule has 3 aromatic rings. The first-order chi connectivity index (χ1) is 10.7. The molecule has 0 spiro atoms. The van der Waals surface area contributed by atoms with Crippen LogP contribution in [0.4, 0.5) is 0 Å². The highest BCUT2D eigenvalue weighted by Gasteiger charge is 2.22. The van der Waals surface area contributed by atoms with Crippen molar-refractivity contribution in [1.29, 1.82) is 0 Å². The predicted octanol–water partition coefficient (Wildman–Crippen LogP) is 4.13. The van der Waals surface area contributed by atoms with Gasteiger partial charge in [-0.1, -0.05) is 24.3 Å². The smallest absolute Gasteiger partial charge is 0.287 e. The highest BCUT2D eigenvalue weighted by molar-refractivity contribution is 7.10. The number of thiophene rings is 1. The molecule has 3 rings (SSSR count). The van der Waals surface area contributed by atoms with Gasteiger partial charge in [0.05, 0.1) is 12.6 Å². The fourth-order valence-corrected chi connectivity index (χ4v) is 3.18. The Morgan fingerprint density at radius 2 is 2.14 bits per heavy atom. The second kappa shape index (κ2) is 6.34. The van der Waals surface area contributed by atoms with Crippen LogP contribution in [-0.4, -0.2) is 13.0 Å². The van der Waals surface area contributed by atoms with E-state index in [0.717, 1.165) is 15.8 Å². The van der Waals surface area contributed by atoms with Gasteiger partial charge in [-0.2, -0.15) is 0 Å². The topological polar surface area (TPSA) is 51.5 Å². The Balaban J connectivity index is 1.91. The van der Waals surface area contributed by atoms with Crippen molar-refractivity contribution < 1.29 is 13.9 Å². The first-order valence-electron chi connectivity index (χ1n) is 7.04. The van der Waals surface area contributed by atoms with Gasteiger partial charge in [0.15, 0.2) is 5.76 Å². The van der Waals surface area contributed by atoms with E-state index >= 15 is 0 Å². The monoisotopic (exact) mass is 315 g/mol. The van der Waals surface area contributed by atoms with Gasteiger partial charge in [0.1, 0.15) is 5.58 Å². The van der Waals surface area contributed by atoms with Crippen LogP contribution in [0.3, 0.4) is 0 Å². The van der Waals surface area contributed by atoms with Crippen LogP contribution in [-0.2, 0) is 11.3 Å². The summed E-state index contributed by atoms with van der Waals surface area (Å²) < 4.78 is 11.0. The summed E-state index contributed by atoms with van der Waals surface area (Å²) in [5.74, 6) is 0.107. The van der Waals surface area contributed by atoms with Crippen LogP contribution in [0.1, 0.15) is 34.0 Å². The van der Waals surface area contributed by atoms with E-state index in [2.05, 4.69) is 5.32 Å². The van der Waals surface area contributed by atoms with E-state index in [1.165, 1.54) is 0 Å². The van der Waals surface area contributed by atoms with Gasteiger partial charge in [-0.25, -0.2) is 0 Å². The molecular weight excluding hydrogens is 298 g/mol. The Bertz CT molecular complexity index is 776. The summed E-state index contributed by atoms with van der Waals surface area (Å²) in [5.41, 5.74) is 1.48. The molecule has 4 nitrogen and oxygen atoms in total. The molecule has 22 heavy (non-hydrogen) atoms. The molecule has 114 valence electrons. The molecule has 5 heteroatoms. The molecule has 1 aromatic carbocycles. The fraction of sp³-hybridized carbons (Fsp3) is 0.235. The number of amides is 1. The summed E-state index contributed by atoms with van der Waals surface area (Å²) >= 11 is 1.62. The number of methoxy groups -OCH3 is 1. The molecule has 1 amide bonds. The maximum Gasteiger partial charge on any atom is 0.287 e. The lowest BCUT2D eigenvalue weighted by Gasteiger charge is -2.11. The summed E-state index contributed by atoms with van der Waals surface area (Å²) in [5, 5.41) is 5.89. The second-order valence-electron chi connectivity index (χ2n) is 5.05. The zero-order valence-electron chi connectivity index (χ0n) is 12.5. The van der Waals surface area contributed by atoms with Crippen LogP contribution in [0.5, 0.6) is 0 Å². The SMILES string of the molecule is COCc1c(C(=O)N[C@@H](C)c2cccs2)oc2ccccc12. The number of nitrogens with one attached hydrogen (secondary N) is 1. The molecule has 0 aliphatic rings. The summed E-state index contributed by atoms with van der Waals surface area (Å²) in [6.07, 6.45) is 0. The minimum absolute atomic E-state index is 0.0592. The van der Waals surface area contributed by atoms with Crippen molar-refractivity contribution in [3.8, 4) is 0 Å².